The minimum absolute atomic E-state index is 0.581. The normalized spacial score (nSPS) is 11.4. The fraction of sp³-hybridized carbons (Fsp3) is 0.333. The number of thiazole rings is 1. The standard InChI is InChI=1S/C15H17ClN2O2S/c1-15(2,13(19)20)12-9-21-14(17-12)18(3)8-10-4-6-11(16)7-5-10/h4-7,9H,8H2,1-3H3,(H,19,20). The van der Waals surface area contributed by atoms with Gasteiger partial charge in [0, 0.05) is 24.0 Å². The Morgan fingerprint density at radius 2 is 2.00 bits per heavy atom. The van der Waals surface area contributed by atoms with E-state index in [1.165, 1.54) is 11.3 Å². The average Bonchev–Trinajstić information content (AvgIpc) is 2.91. The zero-order valence-electron chi connectivity index (χ0n) is 12.1. The second-order valence-corrected chi connectivity index (χ2v) is 6.70. The lowest BCUT2D eigenvalue weighted by atomic mass is 9.90. The minimum Gasteiger partial charge on any atom is -0.481 e. The lowest BCUT2D eigenvalue weighted by Crippen LogP contribution is -2.29. The number of halogens is 1. The van der Waals surface area contributed by atoms with Crippen molar-refractivity contribution < 1.29 is 9.90 Å². The van der Waals surface area contributed by atoms with E-state index in [1.807, 2.05) is 41.6 Å². The molecule has 0 fully saturated rings. The fourth-order valence-corrected chi connectivity index (χ4v) is 2.85. The first-order chi connectivity index (χ1) is 9.80. The Bertz CT molecular complexity index is 637. The van der Waals surface area contributed by atoms with Gasteiger partial charge in [-0.2, -0.15) is 0 Å². The van der Waals surface area contributed by atoms with E-state index in [0.717, 1.165) is 10.7 Å². The second kappa shape index (κ2) is 6.03. The molecule has 0 bridgehead atoms. The van der Waals surface area contributed by atoms with Gasteiger partial charge in [0.25, 0.3) is 0 Å². The summed E-state index contributed by atoms with van der Waals surface area (Å²) in [5.41, 5.74) is 0.727. The van der Waals surface area contributed by atoms with Crippen molar-refractivity contribution in [1.82, 2.24) is 4.98 Å². The number of carbonyl (C=O) groups is 1. The molecule has 1 N–H and O–H groups in total. The molecule has 0 aliphatic carbocycles. The van der Waals surface area contributed by atoms with E-state index in [2.05, 4.69) is 4.98 Å². The molecular weight excluding hydrogens is 308 g/mol. The summed E-state index contributed by atoms with van der Waals surface area (Å²) < 4.78 is 0. The highest BCUT2D eigenvalue weighted by molar-refractivity contribution is 7.13. The van der Waals surface area contributed by atoms with Gasteiger partial charge in [-0.15, -0.1) is 11.3 Å². The number of carboxylic acids is 1. The topological polar surface area (TPSA) is 53.4 Å². The van der Waals surface area contributed by atoms with Crippen molar-refractivity contribution in [3.8, 4) is 0 Å². The summed E-state index contributed by atoms with van der Waals surface area (Å²) in [5, 5.41) is 12.6. The molecule has 112 valence electrons. The van der Waals surface area contributed by atoms with Crippen molar-refractivity contribution in [1.29, 1.82) is 0 Å². The maximum Gasteiger partial charge on any atom is 0.315 e. The predicted molar refractivity (Wildman–Crippen MR) is 86.3 cm³/mol. The number of rotatable bonds is 5. The van der Waals surface area contributed by atoms with Crippen LogP contribution in [0.15, 0.2) is 29.6 Å². The zero-order valence-corrected chi connectivity index (χ0v) is 13.7. The first kappa shape index (κ1) is 15.8. The van der Waals surface area contributed by atoms with Gasteiger partial charge in [-0.25, -0.2) is 4.98 Å². The van der Waals surface area contributed by atoms with Crippen molar-refractivity contribution in [2.75, 3.05) is 11.9 Å². The molecule has 0 aliphatic rings. The molecule has 0 aliphatic heterocycles. The van der Waals surface area contributed by atoms with E-state index in [9.17, 15) is 9.90 Å². The second-order valence-electron chi connectivity index (χ2n) is 5.43. The monoisotopic (exact) mass is 324 g/mol. The molecule has 0 radical (unpaired) electrons. The van der Waals surface area contributed by atoms with Crippen LogP contribution in [0.25, 0.3) is 0 Å². The van der Waals surface area contributed by atoms with Crippen LogP contribution in [0.2, 0.25) is 5.02 Å². The third kappa shape index (κ3) is 3.54. The number of nitrogens with zero attached hydrogens (tertiary/aromatic N) is 2. The first-order valence-electron chi connectivity index (χ1n) is 6.45. The van der Waals surface area contributed by atoms with Gasteiger partial charge in [0.2, 0.25) is 0 Å². The van der Waals surface area contributed by atoms with Crippen molar-refractivity contribution in [2.45, 2.75) is 25.8 Å². The number of benzene rings is 1. The molecule has 0 unspecified atom stereocenters. The molecule has 0 amide bonds. The third-order valence-electron chi connectivity index (χ3n) is 3.33. The molecule has 1 aromatic heterocycles. The highest BCUT2D eigenvalue weighted by atomic mass is 35.5. The fourth-order valence-electron chi connectivity index (χ4n) is 1.77. The molecule has 4 nitrogen and oxygen atoms in total. The van der Waals surface area contributed by atoms with E-state index < -0.39 is 11.4 Å². The molecule has 1 aromatic carbocycles. The molecule has 0 saturated heterocycles. The van der Waals surface area contributed by atoms with Crippen LogP contribution in [0.5, 0.6) is 0 Å². The third-order valence-corrected chi connectivity index (χ3v) is 4.53. The van der Waals surface area contributed by atoms with Crippen LogP contribution < -0.4 is 4.90 Å². The van der Waals surface area contributed by atoms with E-state index in [0.29, 0.717) is 17.3 Å². The quantitative estimate of drug-likeness (QED) is 0.909. The lowest BCUT2D eigenvalue weighted by molar-refractivity contribution is -0.142. The molecule has 21 heavy (non-hydrogen) atoms. The van der Waals surface area contributed by atoms with Crippen LogP contribution in [0, 0.1) is 0 Å². The van der Waals surface area contributed by atoms with Crippen molar-refractivity contribution in [3.05, 3.63) is 45.9 Å². The molecule has 1 heterocycles. The smallest absolute Gasteiger partial charge is 0.315 e. The Morgan fingerprint density at radius 1 is 1.38 bits per heavy atom. The van der Waals surface area contributed by atoms with Gasteiger partial charge in [-0.3, -0.25) is 4.79 Å². The predicted octanol–water partition coefficient (Wildman–Crippen LogP) is 3.80. The Hall–Kier alpha value is -1.59. The average molecular weight is 325 g/mol. The number of aromatic nitrogens is 1. The Balaban J connectivity index is 2.14. The highest BCUT2D eigenvalue weighted by Crippen LogP contribution is 2.29. The maximum absolute atomic E-state index is 11.3. The molecule has 2 rings (SSSR count). The molecule has 0 atom stereocenters. The maximum atomic E-state index is 11.3. The van der Waals surface area contributed by atoms with E-state index in [-0.39, 0.29) is 0 Å². The first-order valence-corrected chi connectivity index (χ1v) is 7.71. The number of hydrogen-bond acceptors (Lipinski definition) is 4. The number of carboxylic acid groups (broad SMARTS) is 1. The number of hydrogen-bond donors (Lipinski definition) is 1. The van der Waals surface area contributed by atoms with E-state index in [4.69, 9.17) is 11.6 Å². The van der Waals surface area contributed by atoms with Crippen molar-refractivity contribution >= 4 is 34.0 Å². The summed E-state index contributed by atoms with van der Waals surface area (Å²) in [6.07, 6.45) is 0. The summed E-state index contributed by atoms with van der Waals surface area (Å²) in [5.74, 6) is -0.875. The van der Waals surface area contributed by atoms with Gasteiger partial charge in [0.05, 0.1) is 5.69 Å². The summed E-state index contributed by atoms with van der Waals surface area (Å²) in [7, 11) is 1.94. The van der Waals surface area contributed by atoms with E-state index >= 15 is 0 Å². The van der Waals surface area contributed by atoms with Gasteiger partial charge in [-0.05, 0) is 31.5 Å². The van der Waals surface area contributed by atoms with Gasteiger partial charge in [-0.1, -0.05) is 23.7 Å². The molecule has 0 spiro atoms. The van der Waals surface area contributed by atoms with Crippen LogP contribution in [-0.2, 0) is 16.8 Å². The molecular formula is C15H17ClN2O2S. The Kier molecular flexibility index (Phi) is 4.54. The SMILES string of the molecule is CN(Cc1ccc(Cl)cc1)c1nc(C(C)(C)C(=O)O)cs1. The highest BCUT2D eigenvalue weighted by Gasteiger charge is 2.32. The molecule has 2 aromatic rings. The van der Waals surface area contributed by atoms with Crippen molar-refractivity contribution in [3.63, 3.8) is 0 Å². The number of anilines is 1. The Labute approximate surface area is 133 Å². The Morgan fingerprint density at radius 3 is 2.57 bits per heavy atom. The largest absolute Gasteiger partial charge is 0.481 e. The summed E-state index contributed by atoms with van der Waals surface area (Å²) in [6, 6.07) is 7.64. The molecule has 0 saturated carbocycles. The van der Waals surface area contributed by atoms with Crippen LogP contribution in [-0.4, -0.2) is 23.1 Å². The van der Waals surface area contributed by atoms with Crippen LogP contribution in [0.3, 0.4) is 0 Å². The van der Waals surface area contributed by atoms with Crippen LogP contribution in [0.1, 0.15) is 25.1 Å². The number of aliphatic carboxylic acids is 1. The lowest BCUT2D eigenvalue weighted by Gasteiger charge is -2.18. The molecule has 6 heteroatoms. The summed E-state index contributed by atoms with van der Waals surface area (Å²) in [6.45, 7) is 4.01. The van der Waals surface area contributed by atoms with Crippen LogP contribution >= 0.6 is 22.9 Å². The zero-order chi connectivity index (χ0) is 15.6. The summed E-state index contributed by atoms with van der Waals surface area (Å²) in [4.78, 5) is 17.7. The van der Waals surface area contributed by atoms with E-state index in [1.54, 1.807) is 13.8 Å². The van der Waals surface area contributed by atoms with Crippen LogP contribution in [0.4, 0.5) is 5.13 Å². The van der Waals surface area contributed by atoms with Crippen molar-refractivity contribution in [2.24, 2.45) is 0 Å². The van der Waals surface area contributed by atoms with Gasteiger partial charge in [0.15, 0.2) is 5.13 Å². The minimum atomic E-state index is -0.976. The van der Waals surface area contributed by atoms with Gasteiger partial charge in [0.1, 0.15) is 5.41 Å². The summed E-state index contributed by atoms with van der Waals surface area (Å²) >= 11 is 7.32. The van der Waals surface area contributed by atoms with Gasteiger partial charge >= 0.3 is 5.97 Å². The van der Waals surface area contributed by atoms with Gasteiger partial charge < -0.3 is 10.0 Å².